The van der Waals surface area contributed by atoms with Crippen LogP contribution in [-0.2, 0) is 32.6 Å². The molecule has 4 aromatic carbocycles. The van der Waals surface area contributed by atoms with Crippen LogP contribution in [0.2, 0.25) is 15.1 Å². The number of carbonyl (C=O) groups excluding carboxylic acids is 2. The Morgan fingerprint density at radius 2 is 1.39 bits per heavy atom. The van der Waals surface area contributed by atoms with Crippen LogP contribution < -0.4 is 9.62 Å². The molecule has 1 saturated carbocycles. The second-order valence-electron chi connectivity index (χ2n) is 11.3. The second-order valence-corrected chi connectivity index (χ2v) is 14.4. The molecule has 11 heteroatoms. The Morgan fingerprint density at radius 3 is 2.04 bits per heavy atom. The summed E-state index contributed by atoms with van der Waals surface area (Å²) in [5.41, 5.74) is 1.63. The van der Waals surface area contributed by atoms with E-state index in [1.165, 1.54) is 29.2 Å². The summed E-state index contributed by atoms with van der Waals surface area (Å²) in [6.45, 7) is -0.596. The van der Waals surface area contributed by atoms with E-state index in [9.17, 15) is 18.0 Å². The molecule has 1 atom stereocenters. The summed E-state index contributed by atoms with van der Waals surface area (Å²) >= 11 is 19.0. The van der Waals surface area contributed by atoms with E-state index < -0.39 is 28.5 Å². The van der Waals surface area contributed by atoms with Gasteiger partial charge in [-0.25, -0.2) is 8.42 Å². The van der Waals surface area contributed by atoms with Crippen LogP contribution in [0.5, 0.6) is 0 Å². The lowest BCUT2D eigenvalue weighted by Gasteiger charge is -2.34. The molecule has 1 aliphatic rings. The highest BCUT2D eigenvalue weighted by molar-refractivity contribution is 7.92. The van der Waals surface area contributed by atoms with Gasteiger partial charge in [-0.1, -0.05) is 108 Å². The Labute approximate surface area is 285 Å². The molecule has 0 saturated heterocycles. The SMILES string of the molecule is O=C(NC1CCCC1)[C@@H](Cc1ccccc1)N(Cc1ccc(Cl)cc1)C(=O)CN(c1cc(Cl)ccc1Cl)S(=O)(=O)c1ccccc1. The van der Waals surface area contributed by atoms with E-state index in [1.807, 2.05) is 30.3 Å². The second kappa shape index (κ2) is 15.4. The Kier molecular flexibility index (Phi) is 11.3. The maximum Gasteiger partial charge on any atom is 0.264 e. The highest BCUT2D eigenvalue weighted by Crippen LogP contribution is 2.33. The zero-order valence-electron chi connectivity index (χ0n) is 25.0. The molecule has 1 N–H and O–H groups in total. The molecule has 0 radical (unpaired) electrons. The van der Waals surface area contributed by atoms with Crippen molar-refractivity contribution in [3.8, 4) is 0 Å². The summed E-state index contributed by atoms with van der Waals surface area (Å²) < 4.78 is 29.2. The predicted octanol–water partition coefficient (Wildman–Crippen LogP) is 7.54. The lowest BCUT2D eigenvalue weighted by molar-refractivity contribution is -0.140. The fourth-order valence-electron chi connectivity index (χ4n) is 5.62. The van der Waals surface area contributed by atoms with Gasteiger partial charge in [-0.05, 0) is 66.4 Å². The number of hydrogen-bond donors (Lipinski definition) is 1. The van der Waals surface area contributed by atoms with Gasteiger partial charge in [-0.2, -0.15) is 0 Å². The van der Waals surface area contributed by atoms with Crippen molar-refractivity contribution >= 4 is 62.3 Å². The van der Waals surface area contributed by atoms with E-state index >= 15 is 0 Å². The van der Waals surface area contributed by atoms with Gasteiger partial charge in [0.15, 0.2) is 0 Å². The third-order valence-corrected chi connectivity index (χ3v) is 10.6. The Morgan fingerprint density at radius 1 is 0.783 bits per heavy atom. The molecule has 240 valence electrons. The number of rotatable bonds is 12. The smallest absolute Gasteiger partial charge is 0.264 e. The van der Waals surface area contributed by atoms with Gasteiger partial charge in [0, 0.05) is 29.1 Å². The highest BCUT2D eigenvalue weighted by Gasteiger charge is 2.36. The molecule has 0 aliphatic heterocycles. The van der Waals surface area contributed by atoms with Crippen molar-refractivity contribution in [2.45, 2.75) is 55.6 Å². The number of carbonyl (C=O) groups is 2. The van der Waals surface area contributed by atoms with Crippen LogP contribution in [0.3, 0.4) is 0 Å². The fraction of sp³-hybridized carbons (Fsp3) is 0.257. The number of anilines is 1. The number of benzene rings is 4. The molecule has 0 spiro atoms. The van der Waals surface area contributed by atoms with Crippen molar-refractivity contribution in [2.24, 2.45) is 0 Å². The minimum absolute atomic E-state index is 0.0125. The summed E-state index contributed by atoms with van der Waals surface area (Å²) in [6, 6.07) is 27.7. The van der Waals surface area contributed by atoms with E-state index in [1.54, 1.807) is 48.5 Å². The van der Waals surface area contributed by atoms with Crippen molar-refractivity contribution in [1.29, 1.82) is 0 Å². The molecule has 2 amide bonds. The third-order valence-electron chi connectivity index (χ3n) is 8.03. The van der Waals surface area contributed by atoms with Crippen LogP contribution in [0.25, 0.3) is 0 Å². The Balaban J connectivity index is 1.58. The first-order chi connectivity index (χ1) is 22.1. The number of hydrogen-bond acceptors (Lipinski definition) is 4. The zero-order valence-corrected chi connectivity index (χ0v) is 28.1. The summed E-state index contributed by atoms with van der Waals surface area (Å²) in [5.74, 6) is -0.885. The number of halogens is 3. The summed E-state index contributed by atoms with van der Waals surface area (Å²) in [6.07, 6.45) is 4.00. The lowest BCUT2D eigenvalue weighted by Crippen LogP contribution is -2.54. The minimum Gasteiger partial charge on any atom is -0.352 e. The normalized spacial score (nSPS) is 14.1. The molecule has 4 aromatic rings. The van der Waals surface area contributed by atoms with E-state index in [2.05, 4.69) is 5.32 Å². The molecular weight excluding hydrogens is 665 g/mol. The Hall–Kier alpha value is -3.56. The average Bonchev–Trinajstić information content (AvgIpc) is 3.57. The van der Waals surface area contributed by atoms with Crippen LogP contribution in [0.1, 0.15) is 36.8 Å². The maximum atomic E-state index is 14.6. The van der Waals surface area contributed by atoms with Crippen LogP contribution in [-0.4, -0.2) is 43.8 Å². The van der Waals surface area contributed by atoms with Crippen molar-refractivity contribution < 1.29 is 18.0 Å². The fourth-order valence-corrected chi connectivity index (χ4v) is 7.63. The van der Waals surface area contributed by atoms with Crippen molar-refractivity contribution in [3.63, 3.8) is 0 Å². The van der Waals surface area contributed by atoms with Gasteiger partial charge in [0.2, 0.25) is 11.8 Å². The lowest BCUT2D eigenvalue weighted by atomic mass is 10.0. The highest BCUT2D eigenvalue weighted by atomic mass is 35.5. The number of amides is 2. The summed E-state index contributed by atoms with van der Waals surface area (Å²) in [4.78, 5) is 30.1. The van der Waals surface area contributed by atoms with Gasteiger partial charge >= 0.3 is 0 Å². The van der Waals surface area contributed by atoms with Gasteiger partial charge in [0.1, 0.15) is 12.6 Å². The molecule has 0 bridgehead atoms. The quantitative estimate of drug-likeness (QED) is 0.166. The first kappa shape index (κ1) is 33.8. The zero-order chi connectivity index (χ0) is 32.7. The number of sulfonamides is 1. The predicted molar refractivity (Wildman–Crippen MR) is 184 cm³/mol. The van der Waals surface area contributed by atoms with E-state index in [0.717, 1.165) is 41.1 Å². The van der Waals surface area contributed by atoms with E-state index in [4.69, 9.17) is 34.8 Å². The molecule has 0 unspecified atom stereocenters. The third kappa shape index (κ3) is 8.42. The first-order valence-corrected chi connectivity index (χ1v) is 17.6. The maximum absolute atomic E-state index is 14.6. The van der Waals surface area contributed by atoms with E-state index in [-0.39, 0.29) is 45.5 Å². The summed E-state index contributed by atoms with van der Waals surface area (Å²) in [5, 5.41) is 4.03. The van der Waals surface area contributed by atoms with Crippen molar-refractivity contribution in [1.82, 2.24) is 10.2 Å². The van der Waals surface area contributed by atoms with Gasteiger partial charge in [-0.3, -0.25) is 13.9 Å². The van der Waals surface area contributed by atoms with Crippen molar-refractivity contribution in [2.75, 3.05) is 10.8 Å². The number of nitrogens with zero attached hydrogens (tertiary/aromatic N) is 2. The first-order valence-electron chi connectivity index (χ1n) is 15.0. The topological polar surface area (TPSA) is 86.8 Å². The molecule has 0 heterocycles. The molecule has 1 fully saturated rings. The van der Waals surface area contributed by atoms with Crippen molar-refractivity contribution in [3.05, 3.63) is 129 Å². The largest absolute Gasteiger partial charge is 0.352 e. The monoisotopic (exact) mass is 697 g/mol. The molecular formula is C35H34Cl3N3O4S. The van der Waals surface area contributed by atoms with Gasteiger partial charge in [0.25, 0.3) is 10.0 Å². The van der Waals surface area contributed by atoms with Gasteiger partial charge < -0.3 is 10.2 Å². The van der Waals surface area contributed by atoms with Gasteiger partial charge in [0.05, 0.1) is 15.6 Å². The Bertz CT molecular complexity index is 1750. The van der Waals surface area contributed by atoms with Crippen LogP contribution in [0.4, 0.5) is 5.69 Å². The molecule has 1 aliphatic carbocycles. The van der Waals surface area contributed by atoms with Crippen LogP contribution >= 0.6 is 34.8 Å². The van der Waals surface area contributed by atoms with Gasteiger partial charge in [-0.15, -0.1) is 0 Å². The number of nitrogens with one attached hydrogen (secondary N) is 1. The average molecular weight is 699 g/mol. The van der Waals surface area contributed by atoms with Crippen LogP contribution in [0, 0.1) is 0 Å². The molecule has 7 nitrogen and oxygen atoms in total. The van der Waals surface area contributed by atoms with Crippen LogP contribution in [0.15, 0.2) is 108 Å². The standard InChI is InChI=1S/C35H34Cl3N3O4S/c36-27-17-15-26(16-18-27)23-40(33(21-25-9-3-1-4-10-25)35(43)39-29-11-7-8-12-29)34(42)24-41(32-22-28(37)19-20-31(32)38)46(44,45)30-13-5-2-6-14-30/h1-6,9-10,13-20,22,29,33H,7-8,11-12,21,23-24H2,(H,39,43)/t33-/m1/s1. The minimum atomic E-state index is -4.30. The molecule has 46 heavy (non-hydrogen) atoms. The molecule has 5 rings (SSSR count). The summed E-state index contributed by atoms with van der Waals surface area (Å²) in [7, 11) is -4.30. The molecule has 0 aromatic heterocycles. The van der Waals surface area contributed by atoms with E-state index in [0.29, 0.717) is 5.02 Å².